The molecule has 0 aliphatic rings. The maximum absolute atomic E-state index is 12.8. The van der Waals surface area contributed by atoms with E-state index < -0.39 is 11.0 Å². The predicted molar refractivity (Wildman–Crippen MR) is 117 cm³/mol. The van der Waals surface area contributed by atoms with Gasteiger partial charge in [-0.2, -0.15) is 0 Å². The molecule has 1 N–H and O–H groups in total. The van der Waals surface area contributed by atoms with Crippen LogP contribution >= 0.6 is 15.9 Å². The molecule has 2 aromatic carbocycles. The summed E-state index contributed by atoms with van der Waals surface area (Å²) in [5.74, 6) is 0.0955. The Morgan fingerprint density at radius 1 is 1.12 bits per heavy atom. The molecule has 0 spiro atoms. The van der Waals surface area contributed by atoms with Crippen LogP contribution in [0.3, 0.4) is 0 Å². The van der Waals surface area contributed by atoms with Crippen molar-refractivity contribution in [2.45, 2.75) is 50.3 Å². The zero-order valence-electron chi connectivity index (χ0n) is 15.7. The maximum Gasteiger partial charge on any atom is 0.0973 e. The SMILES string of the molecule is C=C[C@H](c1ccc(Br)cc1)[C@H](CCc1ccccc1)N[S@](=O)C(C)(C)C. The summed E-state index contributed by atoms with van der Waals surface area (Å²) in [6.07, 6.45) is 3.78. The topological polar surface area (TPSA) is 29.1 Å². The second-order valence-electron chi connectivity index (χ2n) is 7.44. The van der Waals surface area contributed by atoms with Gasteiger partial charge in [0.05, 0.1) is 15.7 Å². The second-order valence-corrected chi connectivity index (χ2v) is 10.4. The van der Waals surface area contributed by atoms with Gasteiger partial charge in [-0.05, 0) is 56.9 Å². The van der Waals surface area contributed by atoms with E-state index in [0.29, 0.717) is 0 Å². The van der Waals surface area contributed by atoms with Crippen molar-refractivity contribution < 1.29 is 4.21 Å². The Kier molecular flexibility index (Phi) is 7.81. The Morgan fingerprint density at radius 3 is 2.27 bits per heavy atom. The molecule has 2 aromatic rings. The molecule has 3 atom stereocenters. The standard InChI is InChI=1S/C22H28BrNOS/c1-5-20(18-12-14-19(23)15-13-18)21(24-26(25)22(2,3)4)16-11-17-9-7-6-8-10-17/h5-10,12-15,20-21,24H,1,11,16H2,2-4H3/t20-,21+,26-/m1/s1. The summed E-state index contributed by atoms with van der Waals surface area (Å²) in [7, 11) is -1.13. The van der Waals surface area contributed by atoms with Gasteiger partial charge in [-0.15, -0.1) is 6.58 Å². The number of benzene rings is 2. The minimum atomic E-state index is -1.13. The lowest BCUT2D eigenvalue weighted by Crippen LogP contribution is -2.42. The van der Waals surface area contributed by atoms with Crippen molar-refractivity contribution in [1.82, 2.24) is 4.72 Å². The van der Waals surface area contributed by atoms with Crippen molar-refractivity contribution in [1.29, 1.82) is 0 Å². The molecule has 26 heavy (non-hydrogen) atoms. The highest BCUT2D eigenvalue weighted by atomic mass is 79.9. The highest BCUT2D eigenvalue weighted by molar-refractivity contribution is 9.10. The van der Waals surface area contributed by atoms with E-state index in [0.717, 1.165) is 17.3 Å². The number of nitrogens with one attached hydrogen (secondary N) is 1. The fourth-order valence-electron chi connectivity index (χ4n) is 2.81. The zero-order chi connectivity index (χ0) is 19.2. The highest BCUT2D eigenvalue weighted by Crippen LogP contribution is 2.27. The molecule has 0 saturated carbocycles. The van der Waals surface area contributed by atoms with Gasteiger partial charge < -0.3 is 0 Å². The first kappa shape index (κ1) is 21.1. The van der Waals surface area contributed by atoms with Gasteiger partial charge in [-0.1, -0.05) is 64.5 Å². The van der Waals surface area contributed by atoms with Gasteiger partial charge in [0.2, 0.25) is 0 Å². The maximum atomic E-state index is 12.8. The molecule has 0 bridgehead atoms. The fraction of sp³-hybridized carbons (Fsp3) is 0.364. The van der Waals surface area contributed by atoms with Crippen LogP contribution in [0.25, 0.3) is 0 Å². The number of hydrogen-bond donors (Lipinski definition) is 1. The van der Waals surface area contributed by atoms with E-state index in [1.807, 2.05) is 45.0 Å². The molecule has 0 aromatic heterocycles. The van der Waals surface area contributed by atoms with E-state index in [1.165, 1.54) is 11.1 Å². The first-order chi connectivity index (χ1) is 12.3. The lowest BCUT2D eigenvalue weighted by Gasteiger charge is -2.29. The molecule has 0 unspecified atom stereocenters. The summed E-state index contributed by atoms with van der Waals surface area (Å²) in [6.45, 7) is 10.0. The van der Waals surface area contributed by atoms with Crippen molar-refractivity contribution in [2.75, 3.05) is 0 Å². The van der Waals surface area contributed by atoms with Gasteiger partial charge in [-0.3, -0.25) is 0 Å². The quantitative estimate of drug-likeness (QED) is 0.525. The van der Waals surface area contributed by atoms with Gasteiger partial charge in [0.15, 0.2) is 0 Å². The van der Waals surface area contributed by atoms with Crippen LogP contribution in [0.15, 0.2) is 71.7 Å². The first-order valence-electron chi connectivity index (χ1n) is 8.91. The van der Waals surface area contributed by atoms with E-state index in [9.17, 15) is 4.21 Å². The lowest BCUT2D eigenvalue weighted by atomic mass is 9.88. The molecule has 4 heteroatoms. The zero-order valence-corrected chi connectivity index (χ0v) is 18.1. The number of hydrogen-bond acceptors (Lipinski definition) is 1. The van der Waals surface area contributed by atoms with Gasteiger partial charge in [0, 0.05) is 16.4 Å². The summed E-state index contributed by atoms with van der Waals surface area (Å²) in [4.78, 5) is 0. The lowest BCUT2D eigenvalue weighted by molar-refractivity contribution is 0.512. The first-order valence-corrected chi connectivity index (χ1v) is 10.9. The van der Waals surface area contributed by atoms with Crippen LogP contribution in [0, 0.1) is 0 Å². The summed E-state index contributed by atoms with van der Waals surface area (Å²) in [6, 6.07) is 18.8. The van der Waals surface area contributed by atoms with E-state index in [-0.39, 0.29) is 16.7 Å². The predicted octanol–water partition coefficient (Wildman–Crippen LogP) is 5.77. The van der Waals surface area contributed by atoms with E-state index >= 15 is 0 Å². The summed E-state index contributed by atoms with van der Waals surface area (Å²) in [5, 5.41) is 0. The molecule has 0 aliphatic heterocycles. The number of rotatable bonds is 8. The second kappa shape index (κ2) is 9.63. The molecule has 140 valence electrons. The van der Waals surface area contributed by atoms with Gasteiger partial charge >= 0.3 is 0 Å². The Balaban J connectivity index is 2.23. The molecule has 0 radical (unpaired) electrons. The van der Waals surface area contributed by atoms with Crippen LogP contribution in [0.4, 0.5) is 0 Å². The Hall–Kier alpha value is -1.23. The van der Waals surface area contributed by atoms with Crippen LogP contribution in [-0.2, 0) is 17.4 Å². The van der Waals surface area contributed by atoms with Crippen LogP contribution < -0.4 is 4.72 Å². The molecule has 0 heterocycles. The van der Waals surface area contributed by atoms with Crippen LogP contribution in [0.2, 0.25) is 0 Å². The molecule has 0 fully saturated rings. The van der Waals surface area contributed by atoms with Crippen molar-refractivity contribution in [2.24, 2.45) is 0 Å². The normalized spacial score (nSPS) is 15.2. The highest BCUT2D eigenvalue weighted by Gasteiger charge is 2.27. The number of halogens is 1. The molecule has 2 nitrogen and oxygen atoms in total. The van der Waals surface area contributed by atoms with E-state index in [1.54, 1.807) is 0 Å². The Morgan fingerprint density at radius 2 is 1.73 bits per heavy atom. The number of aryl methyl sites for hydroxylation is 1. The van der Waals surface area contributed by atoms with Gasteiger partial charge in [-0.25, -0.2) is 8.93 Å². The molecular formula is C22H28BrNOS. The largest absolute Gasteiger partial charge is 0.242 e. The summed E-state index contributed by atoms with van der Waals surface area (Å²) >= 11 is 3.49. The minimum Gasteiger partial charge on any atom is -0.242 e. The van der Waals surface area contributed by atoms with E-state index in [4.69, 9.17) is 0 Å². The average molecular weight is 434 g/mol. The van der Waals surface area contributed by atoms with Crippen molar-refractivity contribution >= 4 is 26.9 Å². The monoisotopic (exact) mass is 433 g/mol. The molecule has 0 amide bonds. The minimum absolute atomic E-state index is 0.0499. The smallest absolute Gasteiger partial charge is 0.0973 e. The van der Waals surface area contributed by atoms with Crippen LogP contribution in [0.1, 0.15) is 44.2 Å². The summed E-state index contributed by atoms with van der Waals surface area (Å²) in [5.41, 5.74) is 2.47. The molecule has 0 aliphatic carbocycles. The third kappa shape index (κ3) is 6.19. The summed E-state index contributed by atoms with van der Waals surface area (Å²) < 4.78 is 16.9. The van der Waals surface area contributed by atoms with E-state index in [2.05, 4.69) is 63.6 Å². The Labute approximate surface area is 168 Å². The van der Waals surface area contributed by atoms with Gasteiger partial charge in [0.25, 0.3) is 0 Å². The average Bonchev–Trinajstić information content (AvgIpc) is 2.61. The molecule has 0 saturated heterocycles. The fourth-order valence-corrected chi connectivity index (χ4v) is 3.97. The van der Waals surface area contributed by atoms with Crippen LogP contribution in [-0.4, -0.2) is 15.0 Å². The third-order valence-corrected chi connectivity index (χ3v) is 6.50. The Bertz CT molecular complexity index is 722. The molecular weight excluding hydrogens is 406 g/mol. The van der Waals surface area contributed by atoms with Gasteiger partial charge in [0.1, 0.15) is 0 Å². The van der Waals surface area contributed by atoms with Crippen molar-refractivity contribution in [3.8, 4) is 0 Å². The van der Waals surface area contributed by atoms with Crippen molar-refractivity contribution in [3.63, 3.8) is 0 Å². The van der Waals surface area contributed by atoms with Crippen molar-refractivity contribution in [3.05, 3.63) is 82.9 Å². The van der Waals surface area contributed by atoms with Crippen LogP contribution in [0.5, 0.6) is 0 Å². The molecule has 2 rings (SSSR count). The third-order valence-electron chi connectivity index (χ3n) is 4.34.